The molecule has 2 nitrogen and oxygen atoms in total. The van der Waals surface area contributed by atoms with E-state index in [-0.39, 0.29) is 0 Å². The molecule has 19 heavy (non-hydrogen) atoms. The number of benzene rings is 1. The van der Waals surface area contributed by atoms with Crippen LogP contribution in [0.2, 0.25) is 15.1 Å². The van der Waals surface area contributed by atoms with Crippen molar-refractivity contribution in [1.82, 2.24) is 0 Å². The van der Waals surface area contributed by atoms with E-state index in [1.807, 2.05) is 0 Å². The molecule has 102 valence electrons. The summed E-state index contributed by atoms with van der Waals surface area (Å²) in [6.07, 6.45) is 3.78. The molecule has 1 N–H and O–H groups in total. The lowest BCUT2D eigenvalue weighted by molar-refractivity contribution is 0.535. The van der Waals surface area contributed by atoms with Crippen molar-refractivity contribution in [1.29, 1.82) is 0 Å². The summed E-state index contributed by atoms with van der Waals surface area (Å²) in [5.41, 5.74) is 0.690. The van der Waals surface area contributed by atoms with E-state index in [2.05, 4.69) is 5.32 Å². The van der Waals surface area contributed by atoms with E-state index in [1.54, 1.807) is 23.9 Å². The van der Waals surface area contributed by atoms with Gasteiger partial charge in [0.05, 0.1) is 21.8 Å². The number of hydrogen-bond donors (Lipinski definition) is 1. The van der Waals surface area contributed by atoms with Crippen molar-refractivity contribution in [3.63, 3.8) is 0 Å². The van der Waals surface area contributed by atoms with Crippen LogP contribution in [0.25, 0.3) is 0 Å². The summed E-state index contributed by atoms with van der Waals surface area (Å²) in [5.74, 6) is 1.87. The van der Waals surface area contributed by atoms with E-state index in [0.717, 1.165) is 16.8 Å². The molecule has 1 aromatic rings. The Hall–Kier alpha value is -0.0900. The van der Waals surface area contributed by atoms with Crippen LogP contribution in [0.1, 0.15) is 19.3 Å². The zero-order valence-corrected chi connectivity index (χ0v) is 13.2. The van der Waals surface area contributed by atoms with Crippen LogP contribution in [-0.4, -0.2) is 17.0 Å². The van der Waals surface area contributed by atoms with Gasteiger partial charge in [0.1, 0.15) is 0 Å². The average Bonchev–Trinajstić information content (AvgIpc) is 2.81. The molecule has 3 rings (SSSR count). The highest BCUT2D eigenvalue weighted by Gasteiger charge is 2.31. The van der Waals surface area contributed by atoms with Gasteiger partial charge in [-0.2, -0.15) is 0 Å². The number of nitrogens with one attached hydrogen (secondary N) is 1. The number of rotatable bonds is 1. The van der Waals surface area contributed by atoms with Gasteiger partial charge < -0.3 is 5.32 Å². The number of hydrogen-bond acceptors (Lipinski definition) is 3. The van der Waals surface area contributed by atoms with Crippen molar-refractivity contribution in [3.05, 3.63) is 27.2 Å². The molecule has 1 aromatic carbocycles. The molecule has 0 aromatic heterocycles. The van der Waals surface area contributed by atoms with E-state index < -0.39 is 0 Å². The summed E-state index contributed by atoms with van der Waals surface area (Å²) in [7, 11) is 0. The zero-order valence-electron chi connectivity index (χ0n) is 10.1. The predicted molar refractivity (Wildman–Crippen MR) is 86.1 cm³/mol. The highest BCUT2D eigenvalue weighted by Crippen LogP contribution is 2.38. The summed E-state index contributed by atoms with van der Waals surface area (Å²) >= 11 is 20.0. The van der Waals surface area contributed by atoms with Crippen molar-refractivity contribution in [2.75, 3.05) is 11.1 Å². The van der Waals surface area contributed by atoms with Crippen LogP contribution in [0.5, 0.6) is 0 Å². The van der Waals surface area contributed by atoms with Gasteiger partial charge in [-0.25, -0.2) is 0 Å². The van der Waals surface area contributed by atoms with Gasteiger partial charge in [-0.3, -0.25) is 4.99 Å². The number of amidine groups is 1. The number of halogens is 3. The molecule has 0 amide bonds. The van der Waals surface area contributed by atoms with Crippen LogP contribution < -0.4 is 5.32 Å². The number of nitrogens with zero attached hydrogens (tertiary/aromatic N) is 1. The van der Waals surface area contributed by atoms with E-state index in [1.165, 1.54) is 19.3 Å². The van der Waals surface area contributed by atoms with Crippen LogP contribution in [0.3, 0.4) is 0 Å². The lowest BCUT2D eigenvalue weighted by Gasteiger charge is -2.24. The Balaban J connectivity index is 1.82. The molecule has 6 heteroatoms. The summed E-state index contributed by atoms with van der Waals surface area (Å²) in [4.78, 5) is 4.76. The molecule has 1 heterocycles. The maximum Gasteiger partial charge on any atom is 0.161 e. The Kier molecular flexibility index (Phi) is 4.18. The van der Waals surface area contributed by atoms with Gasteiger partial charge in [0.2, 0.25) is 0 Å². The molecule has 1 fully saturated rings. The minimum absolute atomic E-state index is 0.466. The fourth-order valence-corrected chi connectivity index (χ4v) is 4.65. The van der Waals surface area contributed by atoms with E-state index >= 15 is 0 Å². The fraction of sp³-hybridized carbons (Fsp3) is 0.462. The third-order valence-electron chi connectivity index (χ3n) is 3.57. The smallest absolute Gasteiger partial charge is 0.161 e. The summed E-state index contributed by atoms with van der Waals surface area (Å²) in [5, 5.41) is 5.74. The number of fused-ring (bicyclic) bond motifs is 1. The first kappa shape index (κ1) is 13.9. The summed E-state index contributed by atoms with van der Waals surface area (Å²) < 4.78 is 0. The molecule has 0 radical (unpaired) electrons. The normalized spacial score (nSPS) is 25.9. The van der Waals surface area contributed by atoms with Crippen LogP contribution >= 0.6 is 46.6 Å². The molecule has 1 aliphatic carbocycles. The lowest BCUT2D eigenvalue weighted by Crippen LogP contribution is -2.25. The monoisotopic (exact) mass is 334 g/mol. The molecule has 1 aliphatic heterocycles. The van der Waals surface area contributed by atoms with Gasteiger partial charge >= 0.3 is 0 Å². The molecular formula is C13H13Cl3N2S. The second-order valence-corrected chi connectivity index (χ2v) is 7.13. The van der Waals surface area contributed by atoms with Gasteiger partial charge in [0, 0.05) is 10.8 Å². The fourth-order valence-electron chi connectivity index (χ4n) is 2.59. The third-order valence-corrected chi connectivity index (χ3v) is 5.47. The molecule has 0 spiro atoms. The van der Waals surface area contributed by atoms with Gasteiger partial charge in [-0.1, -0.05) is 53.0 Å². The Morgan fingerprint density at radius 2 is 1.89 bits per heavy atom. The van der Waals surface area contributed by atoms with Gasteiger partial charge in [-0.05, 0) is 30.9 Å². The minimum Gasteiger partial charge on any atom is -0.333 e. The standard InChI is InChI=1S/C13H13Cl3N2S/c14-8-4-9(15)12(10(16)5-8)18-13-17-11-3-1-2-7(11)6-19-13/h4-5,7,11H,1-3,6H2,(H,17,18). The topological polar surface area (TPSA) is 24.4 Å². The Bertz CT molecular complexity index is 510. The molecule has 2 unspecified atom stereocenters. The zero-order chi connectivity index (χ0) is 13.4. The van der Waals surface area contributed by atoms with Crippen molar-refractivity contribution in [2.45, 2.75) is 25.3 Å². The van der Waals surface area contributed by atoms with Crippen LogP contribution in [0.4, 0.5) is 5.69 Å². The number of thioether (sulfide) groups is 1. The van der Waals surface area contributed by atoms with Gasteiger partial charge in [0.15, 0.2) is 5.17 Å². The quantitative estimate of drug-likeness (QED) is 0.750. The Morgan fingerprint density at radius 3 is 2.63 bits per heavy atom. The molecule has 2 atom stereocenters. The Morgan fingerprint density at radius 1 is 1.16 bits per heavy atom. The predicted octanol–water partition coefficient (Wildman–Crippen LogP) is 5.33. The second kappa shape index (κ2) is 5.72. The average molecular weight is 336 g/mol. The van der Waals surface area contributed by atoms with Gasteiger partial charge in [0.25, 0.3) is 0 Å². The molecule has 0 saturated heterocycles. The largest absolute Gasteiger partial charge is 0.333 e. The minimum atomic E-state index is 0.466. The molecule has 1 saturated carbocycles. The first-order valence-electron chi connectivity index (χ1n) is 6.25. The first-order valence-corrected chi connectivity index (χ1v) is 8.37. The molecular weight excluding hydrogens is 323 g/mol. The van der Waals surface area contributed by atoms with Crippen molar-refractivity contribution < 1.29 is 0 Å². The SMILES string of the molecule is Clc1cc(Cl)c(NC2=NC3CCCC3CS2)c(Cl)c1. The van der Waals surface area contributed by atoms with Crippen molar-refractivity contribution in [2.24, 2.45) is 10.9 Å². The van der Waals surface area contributed by atoms with E-state index in [9.17, 15) is 0 Å². The van der Waals surface area contributed by atoms with Crippen LogP contribution in [0, 0.1) is 5.92 Å². The Labute approximate surface area is 131 Å². The first-order chi connectivity index (χ1) is 9.13. The molecule has 2 aliphatic rings. The van der Waals surface area contributed by atoms with Crippen LogP contribution in [0.15, 0.2) is 17.1 Å². The maximum absolute atomic E-state index is 6.17. The maximum atomic E-state index is 6.17. The third kappa shape index (κ3) is 2.99. The highest BCUT2D eigenvalue weighted by molar-refractivity contribution is 8.14. The number of anilines is 1. The second-order valence-electron chi connectivity index (χ2n) is 4.87. The summed E-state index contributed by atoms with van der Waals surface area (Å²) in [6.45, 7) is 0. The van der Waals surface area contributed by atoms with Gasteiger partial charge in [-0.15, -0.1) is 0 Å². The van der Waals surface area contributed by atoms with Crippen LogP contribution in [-0.2, 0) is 0 Å². The highest BCUT2D eigenvalue weighted by atomic mass is 35.5. The van der Waals surface area contributed by atoms with Crippen molar-refractivity contribution in [3.8, 4) is 0 Å². The number of aliphatic imine (C=N–C) groups is 1. The summed E-state index contributed by atoms with van der Waals surface area (Å²) in [6, 6.07) is 3.83. The lowest BCUT2D eigenvalue weighted by atomic mass is 10.1. The van der Waals surface area contributed by atoms with Crippen molar-refractivity contribution >= 4 is 57.4 Å². The molecule has 0 bridgehead atoms. The van der Waals surface area contributed by atoms with E-state index in [0.29, 0.717) is 26.8 Å². The van der Waals surface area contributed by atoms with E-state index in [4.69, 9.17) is 39.8 Å².